The average molecular weight is 254 g/mol. The summed E-state index contributed by atoms with van der Waals surface area (Å²) in [6.45, 7) is 1.96. The zero-order chi connectivity index (χ0) is 13.9. The van der Waals surface area contributed by atoms with Gasteiger partial charge in [-0.25, -0.2) is 0 Å². The largest absolute Gasteiger partial charge is 0.469 e. The van der Waals surface area contributed by atoms with Gasteiger partial charge in [0.25, 0.3) is 5.91 Å². The van der Waals surface area contributed by atoms with Gasteiger partial charge in [-0.3, -0.25) is 14.3 Å². The van der Waals surface area contributed by atoms with Gasteiger partial charge in [-0.1, -0.05) is 6.92 Å². The number of nitrogens with zero attached hydrogens (tertiary/aromatic N) is 3. The van der Waals surface area contributed by atoms with Crippen LogP contribution in [0.3, 0.4) is 0 Å². The Morgan fingerprint density at radius 1 is 1.61 bits per heavy atom. The monoisotopic (exact) mass is 254 g/mol. The number of carbonyl (C=O) groups excluding carboxylic acids is 2. The molecule has 1 amide bonds. The molecule has 0 radical (unpaired) electrons. The smallest absolute Gasteiger partial charge is 0.310 e. The molecule has 0 aliphatic carbocycles. The molecular formula is C11H18N4O3. The van der Waals surface area contributed by atoms with Crippen molar-refractivity contribution in [2.75, 3.05) is 26.4 Å². The number of nitrogen functional groups attached to an aromatic ring is 1. The van der Waals surface area contributed by atoms with Crippen LogP contribution in [0.25, 0.3) is 0 Å². The van der Waals surface area contributed by atoms with Crippen LogP contribution in [0.15, 0.2) is 6.20 Å². The van der Waals surface area contributed by atoms with Crippen LogP contribution in [0, 0.1) is 5.92 Å². The Morgan fingerprint density at radius 2 is 2.22 bits per heavy atom. The van der Waals surface area contributed by atoms with E-state index in [2.05, 4.69) is 9.84 Å². The predicted octanol–water partition coefficient (Wildman–Crippen LogP) is -0.117. The first kappa shape index (κ1) is 14.0. The molecule has 0 spiro atoms. The van der Waals surface area contributed by atoms with Crippen LogP contribution in [-0.2, 0) is 16.6 Å². The molecule has 1 heterocycles. The van der Waals surface area contributed by atoms with Crippen LogP contribution in [0.2, 0.25) is 0 Å². The summed E-state index contributed by atoms with van der Waals surface area (Å²) in [6, 6.07) is 0. The third kappa shape index (κ3) is 2.79. The molecule has 1 aromatic rings. The number of hydrogen-bond acceptors (Lipinski definition) is 5. The minimum atomic E-state index is -0.390. The molecular weight excluding hydrogens is 236 g/mol. The zero-order valence-electron chi connectivity index (χ0n) is 11.0. The second-order valence-corrected chi connectivity index (χ2v) is 4.18. The molecule has 0 fully saturated rings. The summed E-state index contributed by atoms with van der Waals surface area (Å²) in [5.74, 6) is -1.02. The number of aromatic nitrogens is 2. The Bertz CT molecular complexity index is 436. The van der Waals surface area contributed by atoms with Gasteiger partial charge in [0.15, 0.2) is 0 Å². The third-order valence-corrected chi connectivity index (χ3v) is 2.67. The lowest BCUT2D eigenvalue weighted by molar-refractivity contribution is -0.145. The maximum absolute atomic E-state index is 12.1. The van der Waals surface area contributed by atoms with Gasteiger partial charge in [0.2, 0.25) is 0 Å². The van der Waals surface area contributed by atoms with Gasteiger partial charge in [0.05, 0.1) is 24.9 Å². The van der Waals surface area contributed by atoms with Crippen molar-refractivity contribution in [1.29, 1.82) is 0 Å². The highest BCUT2D eigenvalue weighted by Gasteiger charge is 2.23. The third-order valence-electron chi connectivity index (χ3n) is 2.67. The summed E-state index contributed by atoms with van der Waals surface area (Å²) in [6.07, 6.45) is 1.42. The Morgan fingerprint density at radius 3 is 2.67 bits per heavy atom. The molecule has 0 saturated carbocycles. The second-order valence-electron chi connectivity index (χ2n) is 4.18. The van der Waals surface area contributed by atoms with Crippen molar-refractivity contribution >= 4 is 17.6 Å². The minimum Gasteiger partial charge on any atom is -0.469 e. The molecule has 0 aliphatic rings. The van der Waals surface area contributed by atoms with Crippen LogP contribution in [0.1, 0.15) is 17.4 Å². The van der Waals surface area contributed by atoms with Gasteiger partial charge in [-0.2, -0.15) is 5.10 Å². The summed E-state index contributed by atoms with van der Waals surface area (Å²) in [5, 5.41) is 3.90. The molecule has 2 N–H and O–H groups in total. The number of amides is 1. The van der Waals surface area contributed by atoms with Gasteiger partial charge in [-0.05, 0) is 0 Å². The SMILES string of the molecule is COC(=O)C(C)CN(C)C(=O)c1c(N)cnn1C. The highest BCUT2D eigenvalue weighted by molar-refractivity contribution is 5.97. The molecule has 100 valence electrons. The quantitative estimate of drug-likeness (QED) is 0.757. The highest BCUT2D eigenvalue weighted by Crippen LogP contribution is 2.13. The first-order valence-electron chi connectivity index (χ1n) is 5.49. The lowest BCUT2D eigenvalue weighted by atomic mass is 10.1. The van der Waals surface area contributed by atoms with Gasteiger partial charge < -0.3 is 15.4 Å². The van der Waals surface area contributed by atoms with Crippen molar-refractivity contribution in [3.05, 3.63) is 11.9 Å². The lowest BCUT2D eigenvalue weighted by Crippen LogP contribution is -2.35. The van der Waals surface area contributed by atoms with Crippen molar-refractivity contribution in [1.82, 2.24) is 14.7 Å². The van der Waals surface area contributed by atoms with E-state index in [9.17, 15) is 9.59 Å². The molecule has 0 saturated heterocycles. The first-order valence-corrected chi connectivity index (χ1v) is 5.49. The Hall–Kier alpha value is -2.05. The van der Waals surface area contributed by atoms with E-state index in [0.29, 0.717) is 11.4 Å². The van der Waals surface area contributed by atoms with E-state index < -0.39 is 5.92 Å². The molecule has 7 nitrogen and oxygen atoms in total. The summed E-state index contributed by atoms with van der Waals surface area (Å²) >= 11 is 0. The fraction of sp³-hybridized carbons (Fsp3) is 0.545. The van der Waals surface area contributed by atoms with E-state index in [0.717, 1.165) is 0 Å². The number of esters is 1. The predicted molar refractivity (Wildman–Crippen MR) is 65.8 cm³/mol. The fourth-order valence-corrected chi connectivity index (χ4v) is 1.67. The summed E-state index contributed by atoms with van der Waals surface area (Å²) in [7, 11) is 4.56. The average Bonchev–Trinajstić information content (AvgIpc) is 2.66. The van der Waals surface area contributed by atoms with Gasteiger partial charge in [0, 0.05) is 20.6 Å². The van der Waals surface area contributed by atoms with E-state index in [1.807, 2.05) is 0 Å². The first-order chi connectivity index (χ1) is 8.38. The number of methoxy groups -OCH3 is 1. The van der Waals surface area contributed by atoms with E-state index in [1.165, 1.54) is 22.9 Å². The molecule has 1 atom stereocenters. The van der Waals surface area contributed by atoms with E-state index in [1.54, 1.807) is 21.0 Å². The molecule has 1 rings (SSSR count). The number of ether oxygens (including phenoxy) is 1. The normalized spacial score (nSPS) is 12.0. The van der Waals surface area contributed by atoms with Gasteiger partial charge >= 0.3 is 5.97 Å². The van der Waals surface area contributed by atoms with Crippen LogP contribution >= 0.6 is 0 Å². The fourth-order valence-electron chi connectivity index (χ4n) is 1.67. The molecule has 1 aromatic heterocycles. The van der Waals surface area contributed by atoms with Crippen LogP contribution in [0.4, 0.5) is 5.69 Å². The highest BCUT2D eigenvalue weighted by atomic mass is 16.5. The number of hydrogen-bond donors (Lipinski definition) is 1. The summed E-state index contributed by atoms with van der Waals surface area (Å²) in [5.41, 5.74) is 6.31. The maximum Gasteiger partial charge on any atom is 0.310 e. The number of rotatable bonds is 4. The lowest BCUT2D eigenvalue weighted by Gasteiger charge is -2.20. The number of carbonyl (C=O) groups is 2. The Balaban J connectivity index is 2.76. The van der Waals surface area contributed by atoms with E-state index in [4.69, 9.17) is 5.73 Å². The minimum absolute atomic E-state index is 0.260. The van der Waals surface area contributed by atoms with Crippen molar-refractivity contribution < 1.29 is 14.3 Å². The number of anilines is 1. The van der Waals surface area contributed by atoms with Crippen LogP contribution < -0.4 is 5.73 Å². The molecule has 7 heteroatoms. The van der Waals surface area contributed by atoms with Gasteiger partial charge in [-0.15, -0.1) is 0 Å². The van der Waals surface area contributed by atoms with Crippen LogP contribution in [0.5, 0.6) is 0 Å². The molecule has 0 aliphatic heterocycles. The number of aryl methyl sites for hydroxylation is 1. The number of nitrogens with two attached hydrogens (primary N) is 1. The molecule has 0 aromatic carbocycles. The zero-order valence-corrected chi connectivity index (χ0v) is 11.0. The second kappa shape index (κ2) is 5.52. The van der Waals surface area contributed by atoms with E-state index in [-0.39, 0.29) is 18.4 Å². The molecule has 18 heavy (non-hydrogen) atoms. The van der Waals surface area contributed by atoms with Crippen molar-refractivity contribution in [3.63, 3.8) is 0 Å². The summed E-state index contributed by atoms with van der Waals surface area (Å²) in [4.78, 5) is 24.8. The Kier molecular flexibility index (Phi) is 4.30. The molecule has 0 bridgehead atoms. The standard InChI is InChI=1S/C11H18N4O3/c1-7(11(17)18-4)6-14(2)10(16)9-8(12)5-13-15(9)3/h5,7H,6,12H2,1-4H3. The Labute approximate surface area is 105 Å². The topological polar surface area (TPSA) is 90.4 Å². The van der Waals surface area contributed by atoms with Gasteiger partial charge in [0.1, 0.15) is 5.69 Å². The van der Waals surface area contributed by atoms with Crippen molar-refractivity contribution in [2.45, 2.75) is 6.92 Å². The van der Waals surface area contributed by atoms with Crippen LogP contribution in [-0.4, -0.2) is 47.3 Å². The van der Waals surface area contributed by atoms with Crippen molar-refractivity contribution in [3.8, 4) is 0 Å². The maximum atomic E-state index is 12.1. The van der Waals surface area contributed by atoms with Crippen molar-refractivity contribution in [2.24, 2.45) is 13.0 Å². The summed E-state index contributed by atoms with van der Waals surface area (Å²) < 4.78 is 6.03. The van der Waals surface area contributed by atoms with E-state index >= 15 is 0 Å². The molecule has 1 unspecified atom stereocenters.